The second kappa shape index (κ2) is 4.63. The molecule has 16 heavy (non-hydrogen) atoms. The molecule has 0 amide bonds. The van der Waals surface area contributed by atoms with Crippen LogP contribution in [0.1, 0.15) is 5.56 Å². The first-order valence-corrected chi connectivity index (χ1v) is 6.19. The highest BCUT2D eigenvalue weighted by molar-refractivity contribution is 8.01. The summed E-state index contributed by atoms with van der Waals surface area (Å²) in [7, 11) is 0. The number of thiazole rings is 1. The van der Waals surface area contributed by atoms with Crippen molar-refractivity contribution in [2.24, 2.45) is 0 Å². The summed E-state index contributed by atoms with van der Waals surface area (Å²) >= 11 is 2.80. The van der Waals surface area contributed by atoms with E-state index >= 15 is 0 Å². The molecule has 2 aromatic rings. The standard InChI is InChI=1S/C10H8N2O2S2/c1-7-2-3-9(8(6-7)12(13)14)16-10-11-4-5-15-10/h2-6H,1H3. The first-order chi connectivity index (χ1) is 7.66. The predicted octanol–water partition coefficient (Wildman–Crippen LogP) is 3.51. The van der Waals surface area contributed by atoms with Crippen LogP contribution in [0.15, 0.2) is 39.0 Å². The van der Waals surface area contributed by atoms with Crippen molar-refractivity contribution in [3.63, 3.8) is 0 Å². The Balaban J connectivity index is 2.36. The molecule has 0 unspecified atom stereocenters. The van der Waals surface area contributed by atoms with Crippen molar-refractivity contribution >= 4 is 28.8 Å². The maximum atomic E-state index is 10.9. The van der Waals surface area contributed by atoms with E-state index in [9.17, 15) is 10.1 Å². The Kier molecular flexibility index (Phi) is 3.21. The molecule has 0 aliphatic rings. The van der Waals surface area contributed by atoms with Crippen molar-refractivity contribution in [3.05, 3.63) is 45.5 Å². The largest absolute Gasteiger partial charge is 0.283 e. The fourth-order valence-electron chi connectivity index (χ4n) is 1.21. The maximum Gasteiger partial charge on any atom is 0.283 e. The van der Waals surface area contributed by atoms with E-state index in [4.69, 9.17) is 0 Å². The molecule has 0 N–H and O–H groups in total. The number of aryl methyl sites for hydroxylation is 1. The highest BCUT2D eigenvalue weighted by Gasteiger charge is 2.15. The molecule has 82 valence electrons. The first-order valence-electron chi connectivity index (χ1n) is 4.49. The third-order valence-electron chi connectivity index (χ3n) is 1.92. The van der Waals surface area contributed by atoms with Gasteiger partial charge in [-0.1, -0.05) is 17.8 Å². The molecular weight excluding hydrogens is 244 g/mol. The molecule has 2 rings (SSSR count). The van der Waals surface area contributed by atoms with Crippen LogP contribution in [0.5, 0.6) is 0 Å². The summed E-state index contributed by atoms with van der Waals surface area (Å²) in [6.45, 7) is 1.84. The van der Waals surface area contributed by atoms with Gasteiger partial charge in [0.1, 0.15) is 0 Å². The summed E-state index contributed by atoms with van der Waals surface area (Å²) in [4.78, 5) is 15.2. The van der Waals surface area contributed by atoms with Gasteiger partial charge in [0.15, 0.2) is 4.34 Å². The average Bonchev–Trinajstić information content (AvgIpc) is 2.73. The van der Waals surface area contributed by atoms with Gasteiger partial charge in [-0.05, 0) is 18.6 Å². The SMILES string of the molecule is Cc1ccc(Sc2nccs2)c([N+](=O)[O-])c1. The Labute approximate surface area is 100 Å². The quantitative estimate of drug-likeness (QED) is 0.619. The van der Waals surface area contributed by atoms with Gasteiger partial charge in [-0.2, -0.15) is 0 Å². The van der Waals surface area contributed by atoms with Gasteiger partial charge in [0.25, 0.3) is 5.69 Å². The van der Waals surface area contributed by atoms with Gasteiger partial charge in [0.05, 0.1) is 9.82 Å². The van der Waals surface area contributed by atoms with Crippen LogP contribution < -0.4 is 0 Å². The molecule has 0 fully saturated rings. The van der Waals surface area contributed by atoms with Crippen LogP contribution in [-0.4, -0.2) is 9.91 Å². The summed E-state index contributed by atoms with van der Waals surface area (Å²) in [5, 5.41) is 12.7. The molecule has 0 spiro atoms. The van der Waals surface area contributed by atoms with E-state index in [0.29, 0.717) is 4.90 Å². The fourth-order valence-corrected chi connectivity index (χ4v) is 2.88. The Morgan fingerprint density at radius 1 is 1.50 bits per heavy atom. The topological polar surface area (TPSA) is 56.0 Å². The minimum Gasteiger partial charge on any atom is -0.258 e. The number of aromatic nitrogens is 1. The number of nitro benzene ring substituents is 1. The molecule has 0 aliphatic heterocycles. The van der Waals surface area contributed by atoms with Crippen LogP contribution in [0.2, 0.25) is 0 Å². The zero-order valence-electron chi connectivity index (χ0n) is 8.41. The Bertz CT molecular complexity index is 512. The van der Waals surface area contributed by atoms with E-state index in [0.717, 1.165) is 9.90 Å². The van der Waals surface area contributed by atoms with E-state index in [1.807, 2.05) is 18.4 Å². The van der Waals surface area contributed by atoms with E-state index in [2.05, 4.69) is 4.98 Å². The van der Waals surface area contributed by atoms with Gasteiger partial charge in [-0.3, -0.25) is 10.1 Å². The lowest BCUT2D eigenvalue weighted by atomic mass is 10.2. The first kappa shape index (κ1) is 11.1. The van der Waals surface area contributed by atoms with Gasteiger partial charge in [-0.15, -0.1) is 11.3 Å². The molecule has 6 heteroatoms. The number of nitro groups is 1. The summed E-state index contributed by atoms with van der Waals surface area (Å²) in [5.41, 5.74) is 1.02. The smallest absolute Gasteiger partial charge is 0.258 e. The molecule has 0 radical (unpaired) electrons. The van der Waals surface area contributed by atoms with Crippen molar-refractivity contribution in [3.8, 4) is 0 Å². The van der Waals surface area contributed by atoms with Gasteiger partial charge in [-0.25, -0.2) is 4.98 Å². The van der Waals surface area contributed by atoms with Crippen LogP contribution in [0.25, 0.3) is 0 Å². The molecule has 4 nitrogen and oxygen atoms in total. The molecule has 1 heterocycles. The lowest BCUT2D eigenvalue weighted by molar-refractivity contribution is -0.387. The number of hydrogen-bond donors (Lipinski definition) is 0. The summed E-state index contributed by atoms with van der Waals surface area (Å²) in [5.74, 6) is 0. The van der Waals surface area contributed by atoms with Crippen molar-refractivity contribution in [2.75, 3.05) is 0 Å². The van der Waals surface area contributed by atoms with Crippen LogP contribution in [0, 0.1) is 17.0 Å². The summed E-state index contributed by atoms with van der Waals surface area (Å²) in [6, 6.07) is 5.21. The maximum absolute atomic E-state index is 10.9. The van der Waals surface area contributed by atoms with Crippen LogP contribution in [0.3, 0.4) is 0 Å². The highest BCUT2D eigenvalue weighted by atomic mass is 32.2. The molecular formula is C10H8N2O2S2. The molecule has 1 aromatic carbocycles. The van der Waals surface area contributed by atoms with Gasteiger partial charge < -0.3 is 0 Å². The van der Waals surface area contributed by atoms with Crippen molar-refractivity contribution in [1.29, 1.82) is 0 Å². The van der Waals surface area contributed by atoms with Crippen LogP contribution in [-0.2, 0) is 0 Å². The van der Waals surface area contributed by atoms with E-state index in [1.165, 1.54) is 23.1 Å². The lowest BCUT2D eigenvalue weighted by Gasteiger charge is -2.01. The van der Waals surface area contributed by atoms with E-state index < -0.39 is 0 Å². The van der Waals surface area contributed by atoms with E-state index in [1.54, 1.807) is 18.3 Å². The number of benzene rings is 1. The Hall–Kier alpha value is -1.40. The zero-order chi connectivity index (χ0) is 11.5. The molecule has 0 bridgehead atoms. The normalized spacial score (nSPS) is 10.3. The lowest BCUT2D eigenvalue weighted by Crippen LogP contribution is -1.91. The molecule has 0 aliphatic carbocycles. The van der Waals surface area contributed by atoms with Crippen molar-refractivity contribution in [1.82, 2.24) is 4.98 Å². The predicted molar refractivity (Wildman–Crippen MR) is 64.1 cm³/mol. The minimum absolute atomic E-state index is 0.139. The second-order valence-electron chi connectivity index (χ2n) is 3.13. The van der Waals surface area contributed by atoms with Crippen molar-refractivity contribution < 1.29 is 4.92 Å². The molecule has 0 saturated heterocycles. The number of rotatable bonds is 3. The van der Waals surface area contributed by atoms with Gasteiger partial charge in [0.2, 0.25) is 0 Å². The second-order valence-corrected chi connectivity index (χ2v) is 5.31. The Morgan fingerprint density at radius 2 is 2.31 bits per heavy atom. The Morgan fingerprint density at radius 3 is 2.94 bits per heavy atom. The van der Waals surface area contributed by atoms with E-state index in [-0.39, 0.29) is 10.6 Å². The molecule has 0 saturated carbocycles. The highest BCUT2D eigenvalue weighted by Crippen LogP contribution is 2.35. The number of hydrogen-bond acceptors (Lipinski definition) is 5. The van der Waals surface area contributed by atoms with Gasteiger partial charge in [0, 0.05) is 17.6 Å². The summed E-state index contributed by atoms with van der Waals surface area (Å²) < 4.78 is 0.812. The third kappa shape index (κ3) is 2.40. The monoisotopic (exact) mass is 252 g/mol. The van der Waals surface area contributed by atoms with Crippen LogP contribution in [0.4, 0.5) is 5.69 Å². The van der Waals surface area contributed by atoms with Crippen molar-refractivity contribution in [2.45, 2.75) is 16.2 Å². The number of nitrogens with zero attached hydrogens (tertiary/aromatic N) is 2. The zero-order valence-corrected chi connectivity index (χ0v) is 10.0. The minimum atomic E-state index is -0.358. The molecule has 0 atom stereocenters. The average molecular weight is 252 g/mol. The summed E-state index contributed by atoms with van der Waals surface area (Å²) in [6.07, 6.45) is 1.69. The van der Waals surface area contributed by atoms with Gasteiger partial charge >= 0.3 is 0 Å². The molecule has 1 aromatic heterocycles. The third-order valence-corrected chi connectivity index (χ3v) is 3.87. The van der Waals surface area contributed by atoms with Crippen LogP contribution >= 0.6 is 23.1 Å². The fraction of sp³-hybridized carbons (Fsp3) is 0.100.